The Morgan fingerprint density at radius 1 is 1.38 bits per heavy atom. The van der Waals surface area contributed by atoms with E-state index in [9.17, 15) is 4.39 Å². The lowest BCUT2D eigenvalue weighted by Gasteiger charge is -2.25. The van der Waals surface area contributed by atoms with Crippen LogP contribution in [0.15, 0.2) is 12.1 Å². The third kappa shape index (κ3) is 1.96. The number of hydrogen-bond acceptors (Lipinski definition) is 1. The van der Waals surface area contributed by atoms with Crippen molar-refractivity contribution in [1.29, 1.82) is 0 Å². The molecule has 1 nitrogen and oxygen atoms in total. The zero-order chi connectivity index (χ0) is 11.8. The first-order valence-corrected chi connectivity index (χ1v) is 6.22. The summed E-state index contributed by atoms with van der Waals surface area (Å²) in [6.07, 6.45) is 4.71. The van der Waals surface area contributed by atoms with E-state index in [1.165, 1.54) is 0 Å². The minimum atomic E-state index is -0.501. The monoisotopic (exact) mass is 241 g/mol. The molecule has 0 aliphatic heterocycles. The van der Waals surface area contributed by atoms with Crippen LogP contribution in [0.4, 0.5) is 4.39 Å². The molecule has 0 amide bonds. The van der Waals surface area contributed by atoms with Crippen LogP contribution in [0.5, 0.6) is 0 Å². The molecule has 0 saturated heterocycles. The van der Waals surface area contributed by atoms with Crippen LogP contribution in [0, 0.1) is 5.82 Å². The summed E-state index contributed by atoms with van der Waals surface area (Å²) in [5.74, 6) is -0.330. The molecule has 0 heterocycles. The van der Waals surface area contributed by atoms with Crippen molar-refractivity contribution in [3.63, 3.8) is 0 Å². The zero-order valence-electron chi connectivity index (χ0n) is 9.52. The SMILES string of the molecule is CCc1cc(Cl)c(F)c(C2(N)CCCC2)c1. The molecular weight excluding hydrogens is 225 g/mol. The van der Waals surface area contributed by atoms with Crippen molar-refractivity contribution in [2.45, 2.75) is 44.6 Å². The minimum absolute atomic E-state index is 0.200. The summed E-state index contributed by atoms with van der Waals surface area (Å²) in [4.78, 5) is 0. The molecule has 0 aromatic heterocycles. The van der Waals surface area contributed by atoms with Crippen LogP contribution in [0.2, 0.25) is 5.02 Å². The van der Waals surface area contributed by atoms with Crippen LogP contribution >= 0.6 is 11.6 Å². The van der Waals surface area contributed by atoms with Gasteiger partial charge in [0, 0.05) is 11.1 Å². The molecule has 0 radical (unpaired) electrons. The molecule has 0 unspecified atom stereocenters. The third-order valence-electron chi connectivity index (χ3n) is 3.53. The highest BCUT2D eigenvalue weighted by Crippen LogP contribution is 2.39. The summed E-state index contributed by atoms with van der Waals surface area (Å²) in [7, 11) is 0. The fourth-order valence-corrected chi connectivity index (χ4v) is 2.73. The Bertz CT molecular complexity index is 397. The van der Waals surface area contributed by atoms with E-state index < -0.39 is 5.54 Å². The Kier molecular flexibility index (Phi) is 3.22. The first-order valence-electron chi connectivity index (χ1n) is 5.84. The summed E-state index contributed by atoms with van der Waals surface area (Å²) in [6.45, 7) is 2.03. The lowest BCUT2D eigenvalue weighted by Crippen LogP contribution is -2.34. The van der Waals surface area contributed by atoms with E-state index in [1.807, 2.05) is 13.0 Å². The molecule has 2 rings (SSSR count). The Hall–Kier alpha value is -0.600. The largest absolute Gasteiger partial charge is 0.321 e. The molecule has 3 heteroatoms. The fourth-order valence-electron chi connectivity index (χ4n) is 2.49. The van der Waals surface area contributed by atoms with Gasteiger partial charge in [0.25, 0.3) is 0 Å². The minimum Gasteiger partial charge on any atom is -0.321 e. The van der Waals surface area contributed by atoms with Crippen LogP contribution in [0.1, 0.15) is 43.7 Å². The van der Waals surface area contributed by atoms with Gasteiger partial charge in [-0.1, -0.05) is 37.4 Å². The van der Waals surface area contributed by atoms with Crippen LogP contribution in [-0.4, -0.2) is 0 Å². The number of benzene rings is 1. The van der Waals surface area contributed by atoms with Crippen LogP contribution in [-0.2, 0) is 12.0 Å². The number of halogens is 2. The van der Waals surface area contributed by atoms with E-state index in [0.29, 0.717) is 5.56 Å². The van der Waals surface area contributed by atoms with Gasteiger partial charge in [-0.25, -0.2) is 4.39 Å². The van der Waals surface area contributed by atoms with Gasteiger partial charge in [0.05, 0.1) is 5.02 Å². The molecule has 1 fully saturated rings. The van der Waals surface area contributed by atoms with E-state index in [4.69, 9.17) is 17.3 Å². The first kappa shape index (κ1) is 11.9. The van der Waals surface area contributed by atoms with Gasteiger partial charge >= 0.3 is 0 Å². The highest BCUT2D eigenvalue weighted by molar-refractivity contribution is 6.30. The first-order chi connectivity index (χ1) is 7.57. The molecule has 0 atom stereocenters. The molecule has 2 N–H and O–H groups in total. The molecule has 88 valence electrons. The van der Waals surface area contributed by atoms with Gasteiger partial charge in [-0.15, -0.1) is 0 Å². The molecule has 1 aliphatic rings. The third-order valence-corrected chi connectivity index (χ3v) is 3.80. The van der Waals surface area contributed by atoms with Gasteiger partial charge in [0.1, 0.15) is 5.82 Å². The average Bonchev–Trinajstić information content (AvgIpc) is 2.70. The van der Waals surface area contributed by atoms with Gasteiger partial charge in [0.15, 0.2) is 0 Å². The van der Waals surface area contributed by atoms with Gasteiger partial charge in [-0.05, 0) is 30.9 Å². The van der Waals surface area contributed by atoms with Crippen molar-refractivity contribution >= 4 is 11.6 Å². The fraction of sp³-hybridized carbons (Fsp3) is 0.538. The molecule has 0 spiro atoms. The van der Waals surface area contributed by atoms with E-state index in [0.717, 1.165) is 37.7 Å². The Labute approximate surface area is 101 Å². The lowest BCUT2D eigenvalue weighted by molar-refractivity contribution is 0.433. The summed E-state index contributed by atoms with van der Waals surface area (Å²) in [5, 5.41) is 0.200. The zero-order valence-corrected chi connectivity index (χ0v) is 10.3. The van der Waals surface area contributed by atoms with Crippen molar-refractivity contribution in [1.82, 2.24) is 0 Å². The maximum absolute atomic E-state index is 14.0. The second-order valence-corrected chi connectivity index (χ2v) is 5.06. The Morgan fingerprint density at radius 2 is 2.00 bits per heavy atom. The Balaban J connectivity index is 2.50. The predicted molar refractivity (Wildman–Crippen MR) is 65.1 cm³/mol. The summed E-state index contributed by atoms with van der Waals surface area (Å²) in [5.41, 5.74) is 7.43. The van der Waals surface area contributed by atoms with Crippen LogP contribution in [0.3, 0.4) is 0 Å². The van der Waals surface area contributed by atoms with Gasteiger partial charge in [0.2, 0.25) is 0 Å². The molecule has 1 aliphatic carbocycles. The molecule has 1 aromatic rings. The average molecular weight is 242 g/mol. The van der Waals surface area contributed by atoms with Crippen molar-refractivity contribution < 1.29 is 4.39 Å². The van der Waals surface area contributed by atoms with Crippen LogP contribution in [0.25, 0.3) is 0 Å². The number of aryl methyl sites for hydroxylation is 1. The van der Waals surface area contributed by atoms with E-state index in [1.54, 1.807) is 6.07 Å². The number of nitrogens with two attached hydrogens (primary N) is 1. The second kappa shape index (κ2) is 4.34. The lowest BCUT2D eigenvalue weighted by atomic mass is 9.87. The highest BCUT2D eigenvalue weighted by Gasteiger charge is 2.34. The normalized spacial score (nSPS) is 19.0. The van der Waals surface area contributed by atoms with Crippen molar-refractivity contribution in [2.75, 3.05) is 0 Å². The molecule has 1 saturated carbocycles. The topological polar surface area (TPSA) is 26.0 Å². The maximum Gasteiger partial charge on any atom is 0.146 e. The van der Waals surface area contributed by atoms with E-state index >= 15 is 0 Å². The van der Waals surface area contributed by atoms with Crippen molar-refractivity contribution in [3.8, 4) is 0 Å². The smallest absolute Gasteiger partial charge is 0.146 e. The number of rotatable bonds is 2. The molecule has 0 bridgehead atoms. The van der Waals surface area contributed by atoms with Gasteiger partial charge in [-0.3, -0.25) is 0 Å². The summed E-state index contributed by atoms with van der Waals surface area (Å²) < 4.78 is 14.0. The second-order valence-electron chi connectivity index (χ2n) is 4.66. The van der Waals surface area contributed by atoms with Crippen molar-refractivity contribution in [3.05, 3.63) is 34.1 Å². The van der Waals surface area contributed by atoms with Gasteiger partial charge < -0.3 is 5.73 Å². The van der Waals surface area contributed by atoms with Crippen molar-refractivity contribution in [2.24, 2.45) is 5.73 Å². The maximum atomic E-state index is 14.0. The molecule has 16 heavy (non-hydrogen) atoms. The molecule has 1 aromatic carbocycles. The summed E-state index contributed by atoms with van der Waals surface area (Å²) >= 11 is 5.91. The van der Waals surface area contributed by atoms with Crippen LogP contribution < -0.4 is 5.73 Å². The van der Waals surface area contributed by atoms with E-state index in [2.05, 4.69) is 0 Å². The predicted octanol–water partition coefficient (Wildman–Crippen LogP) is 3.77. The Morgan fingerprint density at radius 3 is 2.56 bits per heavy atom. The van der Waals surface area contributed by atoms with Gasteiger partial charge in [-0.2, -0.15) is 0 Å². The summed E-state index contributed by atoms with van der Waals surface area (Å²) in [6, 6.07) is 3.57. The quantitative estimate of drug-likeness (QED) is 0.838. The standard InChI is InChI=1S/C13H17ClFN/c1-2-9-7-10(12(15)11(14)8-9)13(16)5-3-4-6-13/h7-8H,2-6,16H2,1H3. The molecular formula is C13H17ClFN. The van der Waals surface area contributed by atoms with E-state index in [-0.39, 0.29) is 10.8 Å². The number of hydrogen-bond donors (Lipinski definition) is 1. The highest BCUT2D eigenvalue weighted by atomic mass is 35.5.